The number of benzene rings is 1. The van der Waals surface area contributed by atoms with Gasteiger partial charge in [-0.05, 0) is 26.8 Å². The molecule has 0 amide bonds. The van der Waals surface area contributed by atoms with E-state index in [2.05, 4.69) is 4.74 Å². The molecule has 2 N–H and O–H groups in total. The summed E-state index contributed by atoms with van der Waals surface area (Å²) in [5.74, 6) is -1.34. The summed E-state index contributed by atoms with van der Waals surface area (Å²) < 4.78 is 18.6. The van der Waals surface area contributed by atoms with Crippen LogP contribution in [0.4, 0.5) is 10.1 Å². The highest BCUT2D eigenvalue weighted by Gasteiger charge is 2.47. The highest BCUT2D eigenvalue weighted by Crippen LogP contribution is 2.40. The molecule has 21 heavy (non-hydrogen) atoms. The van der Waals surface area contributed by atoms with Gasteiger partial charge >= 0.3 is 5.97 Å². The van der Waals surface area contributed by atoms with Crippen molar-refractivity contribution in [3.8, 4) is 0 Å². The Morgan fingerprint density at radius 3 is 2.33 bits per heavy atom. The van der Waals surface area contributed by atoms with Crippen molar-refractivity contribution in [1.29, 1.82) is 0 Å². The van der Waals surface area contributed by atoms with Crippen LogP contribution in [-0.4, -0.2) is 18.0 Å². The van der Waals surface area contributed by atoms with E-state index in [-0.39, 0.29) is 23.7 Å². The number of halogens is 2. The van der Waals surface area contributed by atoms with Crippen molar-refractivity contribution in [3.63, 3.8) is 0 Å². The van der Waals surface area contributed by atoms with Gasteiger partial charge in [0.1, 0.15) is 5.82 Å². The molecule has 0 bridgehead atoms. The Morgan fingerprint density at radius 2 is 1.90 bits per heavy atom. The van der Waals surface area contributed by atoms with Crippen LogP contribution in [0.2, 0.25) is 0 Å². The lowest BCUT2D eigenvalue weighted by Gasteiger charge is -2.39. The summed E-state index contributed by atoms with van der Waals surface area (Å²) in [6.45, 7) is 4.43. The summed E-state index contributed by atoms with van der Waals surface area (Å²) in [4.78, 5) is 22.0. The number of non-ortho nitro benzene ring substituents is 1. The molecule has 1 aromatic rings. The van der Waals surface area contributed by atoms with Crippen molar-refractivity contribution in [3.05, 3.63) is 39.7 Å². The number of nitrogens with two attached hydrogens (primary N) is 1. The minimum atomic E-state index is -1.48. The van der Waals surface area contributed by atoms with Crippen molar-refractivity contribution < 1.29 is 18.8 Å². The summed E-state index contributed by atoms with van der Waals surface area (Å²) >= 11 is 0. The molecule has 6 nitrogen and oxygen atoms in total. The molecule has 8 heteroatoms. The van der Waals surface area contributed by atoms with Crippen LogP contribution in [0.25, 0.3) is 0 Å². The number of carbonyl (C=O) groups is 1. The number of nitro groups is 1. The fourth-order valence-corrected chi connectivity index (χ4v) is 1.83. The van der Waals surface area contributed by atoms with Crippen LogP contribution in [0.15, 0.2) is 18.2 Å². The second-order valence-electron chi connectivity index (χ2n) is 5.24. The van der Waals surface area contributed by atoms with Crippen molar-refractivity contribution >= 4 is 24.1 Å². The zero-order chi connectivity index (χ0) is 15.7. The second kappa shape index (κ2) is 6.36. The van der Waals surface area contributed by atoms with Gasteiger partial charge < -0.3 is 10.5 Å². The average Bonchev–Trinajstić information content (AvgIpc) is 2.37. The third kappa shape index (κ3) is 3.30. The van der Waals surface area contributed by atoms with E-state index in [4.69, 9.17) is 5.73 Å². The van der Waals surface area contributed by atoms with Crippen LogP contribution in [0.1, 0.15) is 26.3 Å². The maximum atomic E-state index is 14.0. The van der Waals surface area contributed by atoms with Crippen molar-refractivity contribution in [2.24, 2.45) is 11.1 Å². The molecule has 0 aliphatic heterocycles. The Morgan fingerprint density at radius 1 is 1.38 bits per heavy atom. The zero-order valence-electron chi connectivity index (χ0n) is 12.2. The van der Waals surface area contributed by atoms with E-state index < -0.39 is 27.7 Å². The Kier molecular flexibility index (Phi) is 5.84. The summed E-state index contributed by atoms with van der Waals surface area (Å²) in [6.07, 6.45) is 0. The molecule has 0 fully saturated rings. The number of esters is 1. The van der Waals surface area contributed by atoms with E-state index >= 15 is 0 Å². The third-order valence-corrected chi connectivity index (χ3v) is 3.71. The molecule has 0 aromatic heterocycles. The summed E-state index contributed by atoms with van der Waals surface area (Å²) in [5.41, 5.74) is 2.95. The number of nitrogens with zero attached hydrogens (tertiary/aromatic N) is 1. The SMILES string of the molecule is COC(=O)C(C)(C)[C@](C)(N)c1cc([N+](=O)[O-])ccc1F.Cl. The number of ether oxygens (including phenoxy) is 1. The molecule has 1 rings (SSSR count). The highest BCUT2D eigenvalue weighted by molar-refractivity contribution is 5.85. The van der Waals surface area contributed by atoms with Gasteiger partial charge in [0.15, 0.2) is 0 Å². The molecule has 0 spiro atoms. The Balaban J connectivity index is 0.00000400. The number of nitro benzene ring substituents is 1. The molecule has 0 saturated heterocycles. The second-order valence-corrected chi connectivity index (χ2v) is 5.24. The normalized spacial score (nSPS) is 13.8. The first-order valence-corrected chi connectivity index (χ1v) is 5.87. The van der Waals surface area contributed by atoms with Gasteiger partial charge in [0.05, 0.1) is 23.0 Å². The van der Waals surface area contributed by atoms with E-state index in [9.17, 15) is 19.3 Å². The molecule has 0 heterocycles. The lowest BCUT2D eigenvalue weighted by molar-refractivity contribution is -0.385. The van der Waals surface area contributed by atoms with E-state index in [0.717, 1.165) is 18.2 Å². The maximum Gasteiger partial charge on any atom is 0.313 e. The van der Waals surface area contributed by atoms with Gasteiger partial charge in [-0.15, -0.1) is 12.4 Å². The van der Waals surface area contributed by atoms with Gasteiger partial charge in [-0.1, -0.05) is 0 Å². The topological polar surface area (TPSA) is 95.5 Å². The van der Waals surface area contributed by atoms with E-state index in [1.165, 1.54) is 27.9 Å². The van der Waals surface area contributed by atoms with Gasteiger partial charge in [0.2, 0.25) is 0 Å². The van der Waals surface area contributed by atoms with Crippen molar-refractivity contribution in [2.75, 3.05) is 7.11 Å². The lowest BCUT2D eigenvalue weighted by atomic mass is 9.69. The van der Waals surface area contributed by atoms with Crippen LogP contribution in [0.3, 0.4) is 0 Å². The fourth-order valence-electron chi connectivity index (χ4n) is 1.83. The molecule has 0 aliphatic rings. The monoisotopic (exact) mass is 320 g/mol. The molecule has 0 radical (unpaired) electrons. The zero-order valence-corrected chi connectivity index (χ0v) is 13.0. The molecular weight excluding hydrogens is 303 g/mol. The number of methoxy groups -OCH3 is 1. The van der Waals surface area contributed by atoms with E-state index in [1.807, 2.05) is 0 Å². The van der Waals surface area contributed by atoms with Crippen LogP contribution in [0, 0.1) is 21.3 Å². The molecule has 0 unspecified atom stereocenters. The number of rotatable bonds is 4. The Bertz CT molecular complexity index is 561. The molecular formula is C13H18ClFN2O4. The number of hydrogen-bond acceptors (Lipinski definition) is 5. The molecule has 0 saturated carbocycles. The molecule has 118 valence electrons. The Hall–Kier alpha value is -1.73. The quantitative estimate of drug-likeness (QED) is 0.522. The molecule has 1 aromatic carbocycles. The highest BCUT2D eigenvalue weighted by atomic mass is 35.5. The van der Waals surface area contributed by atoms with Gasteiger partial charge in [0, 0.05) is 17.7 Å². The minimum Gasteiger partial charge on any atom is -0.469 e. The third-order valence-electron chi connectivity index (χ3n) is 3.71. The first kappa shape index (κ1) is 19.3. The lowest BCUT2D eigenvalue weighted by Crippen LogP contribution is -2.52. The average molecular weight is 321 g/mol. The largest absolute Gasteiger partial charge is 0.469 e. The summed E-state index contributed by atoms with van der Waals surface area (Å²) in [7, 11) is 1.20. The number of carbonyl (C=O) groups excluding carboxylic acids is 1. The maximum absolute atomic E-state index is 14.0. The molecule has 1 atom stereocenters. The first-order valence-electron chi connectivity index (χ1n) is 5.87. The van der Waals surface area contributed by atoms with E-state index in [1.54, 1.807) is 0 Å². The van der Waals surface area contributed by atoms with Gasteiger partial charge in [-0.2, -0.15) is 0 Å². The van der Waals surface area contributed by atoms with Crippen LogP contribution in [-0.2, 0) is 15.1 Å². The van der Waals surface area contributed by atoms with E-state index in [0.29, 0.717) is 0 Å². The van der Waals surface area contributed by atoms with Gasteiger partial charge in [-0.25, -0.2) is 4.39 Å². The minimum absolute atomic E-state index is 0. The van der Waals surface area contributed by atoms with Crippen LogP contribution < -0.4 is 5.73 Å². The predicted octanol–water partition coefficient (Wildman–Crippen LogP) is 2.53. The van der Waals surface area contributed by atoms with Crippen molar-refractivity contribution in [2.45, 2.75) is 26.3 Å². The van der Waals surface area contributed by atoms with Gasteiger partial charge in [0.25, 0.3) is 5.69 Å². The Labute approximate surface area is 128 Å². The summed E-state index contributed by atoms with van der Waals surface area (Å²) in [6, 6.07) is 3.05. The predicted molar refractivity (Wildman–Crippen MR) is 77.6 cm³/mol. The molecule has 0 aliphatic carbocycles. The fraction of sp³-hybridized carbons (Fsp3) is 0.462. The summed E-state index contributed by atoms with van der Waals surface area (Å²) in [5, 5.41) is 10.8. The van der Waals surface area contributed by atoms with Gasteiger partial charge in [-0.3, -0.25) is 14.9 Å². The van der Waals surface area contributed by atoms with Crippen molar-refractivity contribution in [1.82, 2.24) is 0 Å². The van der Waals surface area contributed by atoms with Crippen LogP contribution in [0.5, 0.6) is 0 Å². The van der Waals surface area contributed by atoms with Crippen LogP contribution >= 0.6 is 12.4 Å². The first-order chi connectivity index (χ1) is 9.05. The number of hydrogen-bond donors (Lipinski definition) is 1. The smallest absolute Gasteiger partial charge is 0.313 e. The standard InChI is InChI=1S/C13H17FN2O4.ClH/c1-12(2,11(17)20-4)13(3,15)9-7-8(16(18)19)5-6-10(9)14;/h5-7H,15H2,1-4H3;1H/t13-;/m1./s1.